The summed E-state index contributed by atoms with van der Waals surface area (Å²) in [6.07, 6.45) is 12.0. The van der Waals surface area contributed by atoms with Crippen LogP contribution in [0, 0.1) is 5.92 Å². The van der Waals surface area contributed by atoms with Crippen LogP contribution in [0.3, 0.4) is 0 Å². The lowest BCUT2D eigenvalue weighted by molar-refractivity contribution is 0.427. The molecule has 0 saturated heterocycles. The van der Waals surface area contributed by atoms with Crippen molar-refractivity contribution in [3.63, 3.8) is 0 Å². The van der Waals surface area contributed by atoms with Gasteiger partial charge in [-0.05, 0) is 57.4 Å². The van der Waals surface area contributed by atoms with Gasteiger partial charge in [0.05, 0.1) is 0 Å². The van der Waals surface area contributed by atoms with E-state index in [0.717, 1.165) is 18.5 Å². The zero-order valence-electron chi connectivity index (χ0n) is 11.4. The Hall–Kier alpha value is -0.300. The predicted octanol–water partition coefficient (Wildman–Crippen LogP) is 4.29. The molecule has 1 N–H and O–H groups in total. The van der Waals surface area contributed by atoms with Crippen LogP contribution < -0.4 is 5.32 Å². The van der Waals surface area contributed by atoms with Crippen molar-refractivity contribution in [3.05, 3.63) is 11.6 Å². The van der Waals surface area contributed by atoms with Crippen molar-refractivity contribution >= 4 is 0 Å². The average molecular weight is 223 g/mol. The van der Waals surface area contributed by atoms with Crippen molar-refractivity contribution in [1.29, 1.82) is 0 Å². The van der Waals surface area contributed by atoms with Gasteiger partial charge in [-0.15, -0.1) is 0 Å². The van der Waals surface area contributed by atoms with E-state index in [2.05, 4.69) is 32.2 Å². The summed E-state index contributed by atoms with van der Waals surface area (Å²) in [4.78, 5) is 0. The first-order chi connectivity index (χ1) is 7.72. The van der Waals surface area contributed by atoms with Gasteiger partial charge in [-0.25, -0.2) is 0 Å². The van der Waals surface area contributed by atoms with E-state index in [4.69, 9.17) is 0 Å². The van der Waals surface area contributed by atoms with Crippen LogP contribution in [0.25, 0.3) is 0 Å². The molecule has 16 heavy (non-hydrogen) atoms. The maximum Gasteiger partial charge on any atom is 0.0104 e. The van der Waals surface area contributed by atoms with Crippen molar-refractivity contribution in [3.8, 4) is 0 Å². The second kappa shape index (κ2) is 7.89. The Morgan fingerprint density at radius 2 is 2.06 bits per heavy atom. The molecule has 0 aromatic rings. The van der Waals surface area contributed by atoms with Gasteiger partial charge in [-0.2, -0.15) is 0 Å². The van der Waals surface area contributed by atoms with Crippen LogP contribution in [0.4, 0.5) is 0 Å². The third-order valence-corrected chi connectivity index (χ3v) is 3.48. The van der Waals surface area contributed by atoms with Gasteiger partial charge < -0.3 is 5.32 Å². The van der Waals surface area contributed by atoms with Crippen molar-refractivity contribution < 1.29 is 0 Å². The Balaban J connectivity index is 2.33. The summed E-state index contributed by atoms with van der Waals surface area (Å²) < 4.78 is 0. The molecule has 94 valence electrons. The quantitative estimate of drug-likeness (QED) is 0.635. The summed E-state index contributed by atoms with van der Waals surface area (Å²) in [5, 5.41) is 3.64. The highest BCUT2D eigenvalue weighted by Gasteiger charge is 2.12. The molecule has 1 unspecified atom stereocenters. The fraction of sp³-hybridized carbons (Fsp3) is 0.867. The standard InChI is InChI=1S/C15H29N/c1-4-16-15(11-10-13(2)3)12-14-8-6-5-7-9-14/h8,13,15-16H,4-7,9-12H2,1-3H3. The first-order valence-corrected chi connectivity index (χ1v) is 7.13. The minimum Gasteiger partial charge on any atom is -0.314 e. The maximum absolute atomic E-state index is 3.64. The fourth-order valence-corrected chi connectivity index (χ4v) is 2.51. The van der Waals surface area contributed by atoms with Gasteiger partial charge in [0.1, 0.15) is 0 Å². The summed E-state index contributed by atoms with van der Waals surface area (Å²) in [7, 11) is 0. The molecule has 0 aliphatic heterocycles. The van der Waals surface area contributed by atoms with E-state index >= 15 is 0 Å². The molecule has 1 aliphatic rings. The number of allylic oxidation sites excluding steroid dienone is 1. The maximum atomic E-state index is 3.64. The molecule has 0 amide bonds. The van der Waals surface area contributed by atoms with Gasteiger partial charge in [-0.1, -0.05) is 32.4 Å². The van der Waals surface area contributed by atoms with Gasteiger partial charge in [0, 0.05) is 6.04 Å². The van der Waals surface area contributed by atoms with Crippen LogP contribution in [0.2, 0.25) is 0 Å². The number of nitrogens with one attached hydrogen (secondary N) is 1. The zero-order valence-corrected chi connectivity index (χ0v) is 11.4. The fourth-order valence-electron chi connectivity index (χ4n) is 2.51. The van der Waals surface area contributed by atoms with E-state index in [1.165, 1.54) is 44.9 Å². The third kappa shape index (κ3) is 5.69. The molecule has 0 saturated carbocycles. The molecule has 0 spiro atoms. The molecular formula is C15H29N. The molecule has 0 aromatic carbocycles. The second-order valence-electron chi connectivity index (χ2n) is 5.54. The van der Waals surface area contributed by atoms with Crippen molar-refractivity contribution in [2.75, 3.05) is 6.54 Å². The predicted molar refractivity (Wildman–Crippen MR) is 72.7 cm³/mol. The Kier molecular flexibility index (Phi) is 6.79. The van der Waals surface area contributed by atoms with E-state index < -0.39 is 0 Å². The van der Waals surface area contributed by atoms with E-state index in [-0.39, 0.29) is 0 Å². The summed E-state index contributed by atoms with van der Waals surface area (Å²) in [5.41, 5.74) is 1.71. The third-order valence-electron chi connectivity index (χ3n) is 3.48. The van der Waals surface area contributed by atoms with E-state index in [9.17, 15) is 0 Å². The second-order valence-corrected chi connectivity index (χ2v) is 5.54. The molecule has 0 radical (unpaired) electrons. The number of hydrogen-bond acceptors (Lipinski definition) is 1. The molecule has 1 heteroatoms. The molecule has 1 rings (SSSR count). The summed E-state index contributed by atoms with van der Waals surface area (Å²) in [5.74, 6) is 0.835. The van der Waals surface area contributed by atoms with Crippen molar-refractivity contribution in [2.45, 2.75) is 71.8 Å². The van der Waals surface area contributed by atoms with Crippen molar-refractivity contribution in [2.24, 2.45) is 5.92 Å². The Morgan fingerprint density at radius 3 is 2.62 bits per heavy atom. The molecule has 0 heterocycles. The van der Waals surface area contributed by atoms with Crippen LogP contribution in [-0.2, 0) is 0 Å². The Labute approximate surface area is 102 Å². The highest BCUT2D eigenvalue weighted by molar-refractivity contribution is 5.07. The largest absolute Gasteiger partial charge is 0.314 e. The minimum atomic E-state index is 0.719. The SMILES string of the molecule is CCNC(CCC(C)C)CC1=CCCCC1. The molecule has 1 nitrogen and oxygen atoms in total. The molecule has 0 bridgehead atoms. The first kappa shape index (κ1) is 13.8. The summed E-state index contributed by atoms with van der Waals surface area (Å²) >= 11 is 0. The molecule has 1 atom stereocenters. The highest BCUT2D eigenvalue weighted by atomic mass is 14.9. The highest BCUT2D eigenvalue weighted by Crippen LogP contribution is 2.23. The lowest BCUT2D eigenvalue weighted by Gasteiger charge is -2.22. The van der Waals surface area contributed by atoms with E-state index in [1.807, 2.05) is 0 Å². The van der Waals surface area contributed by atoms with Gasteiger partial charge in [-0.3, -0.25) is 0 Å². The van der Waals surface area contributed by atoms with Crippen LogP contribution in [0.15, 0.2) is 11.6 Å². The van der Waals surface area contributed by atoms with Crippen LogP contribution in [0.5, 0.6) is 0 Å². The molecule has 0 aromatic heterocycles. The summed E-state index contributed by atoms with van der Waals surface area (Å²) in [6, 6.07) is 0.719. The van der Waals surface area contributed by atoms with E-state index in [1.54, 1.807) is 5.57 Å². The lowest BCUT2D eigenvalue weighted by Crippen LogP contribution is -2.29. The van der Waals surface area contributed by atoms with Crippen molar-refractivity contribution in [1.82, 2.24) is 5.32 Å². The normalized spacial score (nSPS) is 18.6. The minimum absolute atomic E-state index is 0.719. The van der Waals surface area contributed by atoms with Gasteiger partial charge >= 0.3 is 0 Å². The van der Waals surface area contributed by atoms with Gasteiger partial charge in [0.25, 0.3) is 0 Å². The topological polar surface area (TPSA) is 12.0 Å². The first-order valence-electron chi connectivity index (χ1n) is 7.13. The van der Waals surface area contributed by atoms with Gasteiger partial charge in [0.2, 0.25) is 0 Å². The monoisotopic (exact) mass is 223 g/mol. The molecule has 1 aliphatic carbocycles. The van der Waals surface area contributed by atoms with E-state index in [0.29, 0.717) is 0 Å². The van der Waals surface area contributed by atoms with Crippen LogP contribution in [-0.4, -0.2) is 12.6 Å². The number of hydrogen-bond donors (Lipinski definition) is 1. The Morgan fingerprint density at radius 1 is 1.25 bits per heavy atom. The molecular weight excluding hydrogens is 194 g/mol. The smallest absolute Gasteiger partial charge is 0.0104 e. The summed E-state index contributed by atoms with van der Waals surface area (Å²) in [6.45, 7) is 7.97. The molecule has 0 fully saturated rings. The zero-order chi connectivity index (χ0) is 11.8. The Bertz CT molecular complexity index is 205. The van der Waals surface area contributed by atoms with Crippen LogP contribution >= 0.6 is 0 Å². The number of rotatable bonds is 7. The lowest BCUT2D eigenvalue weighted by atomic mass is 9.91. The van der Waals surface area contributed by atoms with Crippen LogP contribution in [0.1, 0.15) is 65.7 Å². The average Bonchev–Trinajstić information content (AvgIpc) is 2.27. The van der Waals surface area contributed by atoms with Gasteiger partial charge in [0.15, 0.2) is 0 Å².